The number of nitrogens with zero attached hydrogens (tertiary/aromatic N) is 1. The van der Waals surface area contributed by atoms with Gasteiger partial charge in [-0.15, -0.1) is 0 Å². The number of rotatable bonds is 3. The topological polar surface area (TPSA) is 12.2 Å². The molecular weight excluding hydrogens is 282 g/mol. The largest absolute Gasteiger partial charge is 0.497 e. The minimum atomic E-state index is 0.0850. The maximum Gasteiger partial charge on any atom is 0.209 e. The monoisotopic (exact) mass is 308 g/mol. The predicted molar refractivity (Wildman–Crippen MR) is 97.3 cm³/mol. The summed E-state index contributed by atoms with van der Waals surface area (Å²) in [5.41, 5.74) is 8.09. The fourth-order valence-corrected chi connectivity index (χ4v) is 3.65. The molecule has 1 aliphatic heterocycles. The third-order valence-electron chi connectivity index (χ3n) is 5.33. The lowest BCUT2D eigenvalue weighted by Gasteiger charge is -2.16. The van der Waals surface area contributed by atoms with E-state index < -0.39 is 0 Å². The third kappa shape index (κ3) is 2.37. The number of ether oxygens (including phenoxy) is 1. The van der Waals surface area contributed by atoms with Crippen molar-refractivity contribution in [3.05, 3.63) is 47.5 Å². The highest BCUT2D eigenvalue weighted by Gasteiger charge is 2.42. The van der Waals surface area contributed by atoms with Crippen LogP contribution in [0.4, 0.5) is 5.69 Å². The van der Waals surface area contributed by atoms with Crippen molar-refractivity contribution in [1.82, 2.24) is 0 Å². The summed E-state index contributed by atoms with van der Waals surface area (Å²) in [5.74, 6) is 0.911. The number of fused-ring (bicyclic) bond motifs is 1. The van der Waals surface area contributed by atoms with Crippen LogP contribution in [0.25, 0.3) is 11.1 Å². The molecule has 120 valence electrons. The molecule has 2 nitrogen and oxygen atoms in total. The third-order valence-corrected chi connectivity index (χ3v) is 5.33. The molecule has 0 spiro atoms. The Bertz CT molecular complexity index is 799. The van der Waals surface area contributed by atoms with E-state index in [9.17, 15) is 0 Å². The fourth-order valence-electron chi connectivity index (χ4n) is 3.65. The second-order valence-electron chi connectivity index (χ2n) is 6.87. The lowest BCUT2D eigenvalue weighted by atomic mass is 9.81. The average Bonchev–Trinajstić information content (AvgIpc) is 2.73. The van der Waals surface area contributed by atoms with Crippen LogP contribution in [0, 0.1) is 6.92 Å². The second-order valence-corrected chi connectivity index (χ2v) is 6.87. The highest BCUT2D eigenvalue weighted by atomic mass is 16.5. The van der Waals surface area contributed by atoms with Crippen molar-refractivity contribution in [3.8, 4) is 16.9 Å². The van der Waals surface area contributed by atoms with Crippen LogP contribution in [0.1, 0.15) is 38.8 Å². The van der Waals surface area contributed by atoms with Crippen molar-refractivity contribution in [2.75, 3.05) is 13.7 Å². The molecule has 0 amide bonds. The molecular formula is C21H26NO+. The zero-order valence-corrected chi connectivity index (χ0v) is 15.0. The zero-order chi connectivity index (χ0) is 16.8. The van der Waals surface area contributed by atoms with Crippen molar-refractivity contribution in [1.29, 1.82) is 0 Å². The van der Waals surface area contributed by atoms with Crippen LogP contribution in [0.5, 0.6) is 5.75 Å². The van der Waals surface area contributed by atoms with Gasteiger partial charge in [0.15, 0.2) is 5.71 Å². The first kappa shape index (κ1) is 15.8. The quantitative estimate of drug-likeness (QED) is 0.720. The Hall–Kier alpha value is -2.09. The Labute approximate surface area is 139 Å². The van der Waals surface area contributed by atoms with E-state index in [0.717, 1.165) is 12.3 Å². The maximum atomic E-state index is 5.33. The Morgan fingerprint density at radius 1 is 1.04 bits per heavy atom. The van der Waals surface area contributed by atoms with Gasteiger partial charge >= 0.3 is 0 Å². The molecule has 0 aromatic heterocycles. The van der Waals surface area contributed by atoms with E-state index in [1.807, 2.05) is 6.07 Å². The summed E-state index contributed by atoms with van der Waals surface area (Å²) in [7, 11) is 1.71. The van der Waals surface area contributed by atoms with E-state index in [2.05, 4.69) is 69.5 Å². The van der Waals surface area contributed by atoms with Crippen LogP contribution in [0.2, 0.25) is 0 Å². The van der Waals surface area contributed by atoms with Gasteiger partial charge in [0.2, 0.25) is 5.69 Å². The van der Waals surface area contributed by atoms with Crippen LogP contribution in [-0.2, 0) is 5.41 Å². The summed E-state index contributed by atoms with van der Waals surface area (Å²) < 4.78 is 7.76. The molecule has 1 aliphatic rings. The lowest BCUT2D eigenvalue weighted by molar-refractivity contribution is -0.434. The molecule has 0 bridgehead atoms. The SMILES string of the molecule is CC[N+]1=C(C)C(C)(C)c2cc(-c3ccc(OC)cc3C)ccc21. The van der Waals surface area contributed by atoms with E-state index >= 15 is 0 Å². The summed E-state index contributed by atoms with van der Waals surface area (Å²) in [5, 5.41) is 0. The highest BCUT2D eigenvalue weighted by Crippen LogP contribution is 2.42. The molecule has 23 heavy (non-hydrogen) atoms. The van der Waals surface area contributed by atoms with Gasteiger partial charge in [-0.1, -0.05) is 6.07 Å². The zero-order valence-electron chi connectivity index (χ0n) is 15.0. The number of aryl methyl sites for hydroxylation is 1. The van der Waals surface area contributed by atoms with Crippen LogP contribution >= 0.6 is 0 Å². The Morgan fingerprint density at radius 3 is 2.39 bits per heavy atom. The van der Waals surface area contributed by atoms with Gasteiger partial charge in [-0.2, -0.15) is 4.58 Å². The Balaban J connectivity index is 2.13. The Kier molecular flexibility index (Phi) is 3.79. The van der Waals surface area contributed by atoms with Gasteiger partial charge in [0, 0.05) is 18.6 Å². The smallest absolute Gasteiger partial charge is 0.209 e. The molecule has 0 saturated heterocycles. The molecule has 0 unspecified atom stereocenters. The number of benzene rings is 2. The van der Waals surface area contributed by atoms with Crippen molar-refractivity contribution in [2.24, 2.45) is 0 Å². The predicted octanol–water partition coefficient (Wildman–Crippen LogP) is 5.09. The van der Waals surface area contributed by atoms with E-state index in [0.29, 0.717) is 0 Å². The maximum absolute atomic E-state index is 5.33. The number of hydrogen-bond acceptors (Lipinski definition) is 1. The normalized spacial score (nSPS) is 15.7. The molecule has 1 heterocycles. The van der Waals surface area contributed by atoms with Gasteiger partial charge in [0.05, 0.1) is 12.5 Å². The summed E-state index contributed by atoms with van der Waals surface area (Å²) in [6.07, 6.45) is 0. The first-order valence-corrected chi connectivity index (χ1v) is 8.31. The van der Waals surface area contributed by atoms with Crippen molar-refractivity contribution in [2.45, 2.75) is 40.0 Å². The average molecular weight is 308 g/mol. The Morgan fingerprint density at radius 2 is 1.78 bits per heavy atom. The van der Waals surface area contributed by atoms with Crippen molar-refractivity contribution < 1.29 is 9.31 Å². The first-order chi connectivity index (χ1) is 10.9. The summed E-state index contributed by atoms with van der Waals surface area (Å²) in [4.78, 5) is 0. The molecule has 0 radical (unpaired) electrons. The van der Waals surface area contributed by atoms with E-state index in [1.165, 1.54) is 33.7 Å². The molecule has 2 heteroatoms. The molecule has 0 atom stereocenters. The van der Waals surface area contributed by atoms with Gasteiger partial charge in [0.1, 0.15) is 12.3 Å². The van der Waals surface area contributed by atoms with Gasteiger partial charge in [0.25, 0.3) is 0 Å². The fraction of sp³-hybridized carbons (Fsp3) is 0.381. The summed E-state index contributed by atoms with van der Waals surface area (Å²) in [6.45, 7) is 12.3. The van der Waals surface area contributed by atoms with Crippen LogP contribution in [0.15, 0.2) is 36.4 Å². The molecule has 2 aromatic carbocycles. The van der Waals surface area contributed by atoms with Crippen molar-refractivity contribution in [3.63, 3.8) is 0 Å². The summed E-state index contributed by atoms with van der Waals surface area (Å²) >= 11 is 0. The van der Waals surface area contributed by atoms with Gasteiger partial charge in [-0.3, -0.25) is 0 Å². The lowest BCUT2D eigenvalue weighted by Crippen LogP contribution is -2.26. The number of hydrogen-bond donors (Lipinski definition) is 0. The van der Waals surface area contributed by atoms with Gasteiger partial charge in [-0.05, 0) is 68.7 Å². The van der Waals surface area contributed by atoms with E-state index in [4.69, 9.17) is 4.74 Å². The highest BCUT2D eigenvalue weighted by molar-refractivity contribution is 5.94. The molecule has 0 saturated carbocycles. The van der Waals surface area contributed by atoms with Crippen LogP contribution in [-0.4, -0.2) is 23.9 Å². The van der Waals surface area contributed by atoms with Crippen LogP contribution < -0.4 is 4.74 Å². The molecule has 2 aromatic rings. The van der Waals surface area contributed by atoms with Crippen LogP contribution in [0.3, 0.4) is 0 Å². The van der Waals surface area contributed by atoms with E-state index in [1.54, 1.807) is 7.11 Å². The minimum Gasteiger partial charge on any atom is -0.497 e. The van der Waals surface area contributed by atoms with E-state index in [-0.39, 0.29) is 5.41 Å². The van der Waals surface area contributed by atoms with Gasteiger partial charge in [-0.25, -0.2) is 0 Å². The van der Waals surface area contributed by atoms with Gasteiger partial charge < -0.3 is 4.74 Å². The van der Waals surface area contributed by atoms with Crippen molar-refractivity contribution >= 4 is 11.4 Å². The number of methoxy groups -OCH3 is 1. The molecule has 0 fully saturated rings. The molecule has 0 N–H and O–H groups in total. The minimum absolute atomic E-state index is 0.0850. The second kappa shape index (κ2) is 5.52. The standard InChI is InChI=1S/C21H26NO/c1-7-22-15(3)21(4,5)19-13-16(8-11-20(19)22)18-10-9-17(23-6)12-14(18)2/h8-13H,7H2,1-6H3/q+1. The first-order valence-electron chi connectivity index (χ1n) is 8.31. The molecule has 0 aliphatic carbocycles. The summed E-state index contributed by atoms with van der Waals surface area (Å²) in [6, 6.07) is 13.2. The molecule has 3 rings (SSSR count).